The van der Waals surface area contributed by atoms with Crippen LogP contribution in [-0.2, 0) is 14.3 Å². The number of hydrogen-bond donors (Lipinski definition) is 1. The Hall–Kier alpha value is -3.36. The minimum atomic E-state index is -0.748. The molecule has 8 heteroatoms. The van der Waals surface area contributed by atoms with Crippen LogP contribution in [0, 0.1) is 6.92 Å². The standard InChI is InChI=1S/C27H32N2O6/c1-4-35-21-10-9-20(17-22(21)33-3)24-23(25(30)19-7-5-18(2)6-8-19)26(31)27(32)29(24)12-11-28-13-15-34-16-14-28/h5-10,17,24,30H,4,11-16H2,1-3H3/b25-23+/t24-/m1/s1. The second kappa shape index (κ2) is 10.9. The van der Waals surface area contributed by atoms with Crippen LogP contribution in [0.5, 0.6) is 11.5 Å². The smallest absolute Gasteiger partial charge is 0.295 e. The summed E-state index contributed by atoms with van der Waals surface area (Å²) in [5.41, 5.74) is 2.26. The number of nitrogens with zero attached hydrogens (tertiary/aromatic N) is 2. The van der Waals surface area contributed by atoms with Gasteiger partial charge >= 0.3 is 0 Å². The highest BCUT2D eigenvalue weighted by atomic mass is 16.5. The fourth-order valence-electron chi connectivity index (χ4n) is 4.53. The number of carbonyl (C=O) groups excluding carboxylic acids is 2. The summed E-state index contributed by atoms with van der Waals surface area (Å²) in [5, 5.41) is 11.2. The third-order valence-electron chi connectivity index (χ3n) is 6.43. The minimum absolute atomic E-state index is 0.0760. The zero-order valence-corrected chi connectivity index (χ0v) is 20.5. The predicted molar refractivity (Wildman–Crippen MR) is 132 cm³/mol. The molecule has 2 saturated heterocycles. The number of carbonyl (C=O) groups is 2. The van der Waals surface area contributed by atoms with Crippen LogP contribution in [0.15, 0.2) is 48.0 Å². The van der Waals surface area contributed by atoms with Crippen molar-refractivity contribution < 1.29 is 28.9 Å². The summed E-state index contributed by atoms with van der Waals surface area (Å²) in [5.74, 6) is -0.427. The van der Waals surface area contributed by atoms with Crippen molar-refractivity contribution in [2.24, 2.45) is 0 Å². The van der Waals surface area contributed by atoms with Gasteiger partial charge in [0.2, 0.25) is 0 Å². The molecular weight excluding hydrogens is 448 g/mol. The molecule has 4 rings (SSSR count). The van der Waals surface area contributed by atoms with Gasteiger partial charge in [0.25, 0.3) is 11.7 Å². The molecule has 2 heterocycles. The highest BCUT2D eigenvalue weighted by Gasteiger charge is 2.46. The number of aliphatic hydroxyl groups excluding tert-OH is 1. The van der Waals surface area contributed by atoms with E-state index in [1.54, 1.807) is 36.3 Å². The first kappa shape index (κ1) is 24.8. The second-order valence-electron chi connectivity index (χ2n) is 8.66. The van der Waals surface area contributed by atoms with Gasteiger partial charge in [0, 0.05) is 31.7 Å². The maximum Gasteiger partial charge on any atom is 0.295 e. The molecule has 0 bridgehead atoms. The molecule has 35 heavy (non-hydrogen) atoms. The molecule has 2 aromatic carbocycles. The number of aryl methyl sites for hydroxylation is 1. The van der Waals surface area contributed by atoms with Crippen LogP contribution in [0.25, 0.3) is 5.76 Å². The summed E-state index contributed by atoms with van der Waals surface area (Å²) in [4.78, 5) is 30.2. The molecule has 1 amide bonds. The lowest BCUT2D eigenvalue weighted by atomic mass is 9.94. The molecule has 0 spiro atoms. The lowest BCUT2D eigenvalue weighted by Gasteiger charge is -2.31. The first-order valence-corrected chi connectivity index (χ1v) is 11.9. The number of ketones is 1. The van der Waals surface area contributed by atoms with E-state index in [4.69, 9.17) is 14.2 Å². The van der Waals surface area contributed by atoms with E-state index in [2.05, 4.69) is 4.90 Å². The fraction of sp³-hybridized carbons (Fsp3) is 0.407. The Bertz CT molecular complexity index is 1110. The molecule has 0 unspecified atom stereocenters. The summed E-state index contributed by atoms with van der Waals surface area (Å²) < 4.78 is 16.6. The number of aliphatic hydroxyl groups is 1. The number of rotatable bonds is 8. The Morgan fingerprint density at radius 1 is 1.06 bits per heavy atom. The van der Waals surface area contributed by atoms with E-state index in [9.17, 15) is 14.7 Å². The Kier molecular flexibility index (Phi) is 7.73. The van der Waals surface area contributed by atoms with Crippen LogP contribution in [0.2, 0.25) is 0 Å². The van der Waals surface area contributed by atoms with Gasteiger partial charge in [-0.25, -0.2) is 0 Å². The number of benzene rings is 2. The molecule has 186 valence electrons. The number of likely N-dealkylation sites (tertiary alicyclic amines) is 1. The van der Waals surface area contributed by atoms with Crippen molar-refractivity contribution in [3.63, 3.8) is 0 Å². The molecule has 0 radical (unpaired) electrons. The Balaban J connectivity index is 1.77. The molecule has 0 saturated carbocycles. The average molecular weight is 481 g/mol. The number of ether oxygens (including phenoxy) is 3. The summed E-state index contributed by atoms with van der Waals surface area (Å²) in [6.45, 7) is 8.08. The molecule has 0 aromatic heterocycles. The lowest BCUT2D eigenvalue weighted by molar-refractivity contribution is -0.140. The number of amides is 1. The van der Waals surface area contributed by atoms with Crippen LogP contribution < -0.4 is 9.47 Å². The van der Waals surface area contributed by atoms with Gasteiger partial charge in [0.1, 0.15) is 5.76 Å². The summed E-state index contributed by atoms with van der Waals surface area (Å²) in [6, 6.07) is 11.8. The topological polar surface area (TPSA) is 88.5 Å². The first-order valence-electron chi connectivity index (χ1n) is 11.9. The van der Waals surface area contributed by atoms with E-state index in [0.29, 0.717) is 55.5 Å². The summed E-state index contributed by atoms with van der Waals surface area (Å²) in [7, 11) is 1.54. The van der Waals surface area contributed by atoms with Gasteiger partial charge in [-0.05, 0) is 31.5 Å². The van der Waals surface area contributed by atoms with Crippen LogP contribution in [-0.4, -0.2) is 79.7 Å². The number of hydrogen-bond acceptors (Lipinski definition) is 7. The van der Waals surface area contributed by atoms with Gasteiger partial charge in [-0.15, -0.1) is 0 Å². The molecule has 2 aromatic rings. The SMILES string of the molecule is CCOc1ccc([C@@H]2/C(=C(\O)c3ccc(C)cc3)C(=O)C(=O)N2CCN2CCOCC2)cc1OC. The van der Waals surface area contributed by atoms with Gasteiger partial charge in [-0.1, -0.05) is 35.9 Å². The lowest BCUT2D eigenvalue weighted by Crippen LogP contribution is -2.42. The molecule has 2 aliphatic rings. The van der Waals surface area contributed by atoms with Crippen LogP contribution in [0.3, 0.4) is 0 Å². The number of Topliss-reactive ketones (excluding diaryl/α,β-unsaturated/α-hetero) is 1. The maximum absolute atomic E-state index is 13.3. The van der Waals surface area contributed by atoms with Gasteiger partial charge in [0.05, 0.1) is 38.5 Å². The average Bonchev–Trinajstić information content (AvgIpc) is 3.13. The van der Waals surface area contributed by atoms with Crippen molar-refractivity contribution >= 4 is 17.4 Å². The normalized spacial score (nSPS) is 20.3. The predicted octanol–water partition coefficient (Wildman–Crippen LogP) is 3.16. The third kappa shape index (κ3) is 5.18. The molecule has 8 nitrogen and oxygen atoms in total. The molecule has 1 N–H and O–H groups in total. The van der Waals surface area contributed by atoms with Crippen LogP contribution >= 0.6 is 0 Å². The summed E-state index contributed by atoms with van der Waals surface area (Å²) >= 11 is 0. The first-order chi connectivity index (χ1) is 16.9. The summed E-state index contributed by atoms with van der Waals surface area (Å²) in [6.07, 6.45) is 0. The van der Waals surface area contributed by atoms with E-state index in [1.165, 1.54) is 0 Å². The highest BCUT2D eigenvalue weighted by Crippen LogP contribution is 2.42. The second-order valence-corrected chi connectivity index (χ2v) is 8.66. The molecular formula is C27H32N2O6. The van der Waals surface area contributed by atoms with E-state index in [1.807, 2.05) is 32.0 Å². The van der Waals surface area contributed by atoms with Gasteiger partial charge in [-0.3, -0.25) is 14.5 Å². The van der Waals surface area contributed by atoms with Crippen molar-refractivity contribution in [3.05, 3.63) is 64.7 Å². The number of morpholine rings is 1. The molecule has 2 fully saturated rings. The van der Waals surface area contributed by atoms with Crippen molar-refractivity contribution in [1.82, 2.24) is 9.80 Å². The van der Waals surface area contributed by atoms with Crippen molar-refractivity contribution in [1.29, 1.82) is 0 Å². The quantitative estimate of drug-likeness (QED) is 0.353. The Morgan fingerprint density at radius 3 is 2.43 bits per heavy atom. The fourth-order valence-corrected chi connectivity index (χ4v) is 4.53. The Morgan fingerprint density at radius 2 is 1.77 bits per heavy atom. The van der Waals surface area contributed by atoms with E-state index >= 15 is 0 Å². The maximum atomic E-state index is 13.3. The molecule has 1 atom stereocenters. The largest absolute Gasteiger partial charge is 0.507 e. The zero-order valence-electron chi connectivity index (χ0n) is 20.5. The minimum Gasteiger partial charge on any atom is -0.507 e. The number of methoxy groups -OCH3 is 1. The monoisotopic (exact) mass is 480 g/mol. The van der Waals surface area contributed by atoms with E-state index in [-0.39, 0.29) is 11.3 Å². The van der Waals surface area contributed by atoms with Gasteiger partial charge in [-0.2, -0.15) is 0 Å². The molecule has 0 aliphatic carbocycles. The Labute approximate surface area is 205 Å². The van der Waals surface area contributed by atoms with Crippen molar-refractivity contribution in [2.75, 3.05) is 53.1 Å². The van der Waals surface area contributed by atoms with E-state index < -0.39 is 17.7 Å². The van der Waals surface area contributed by atoms with E-state index in [0.717, 1.165) is 18.7 Å². The zero-order chi connectivity index (χ0) is 24.9. The van der Waals surface area contributed by atoms with Crippen LogP contribution in [0.1, 0.15) is 29.7 Å². The van der Waals surface area contributed by atoms with Crippen molar-refractivity contribution in [2.45, 2.75) is 19.9 Å². The third-order valence-corrected chi connectivity index (χ3v) is 6.43. The highest BCUT2D eigenvalue weighted by molar-refractivity contribution is 6.46. The van der Waals surface area contributed by atoms with Crippen molar-refractivity contribution in [3.8, 4) is 11.5 Å². The van der Waals surface area contributed by atoms with Gasteiger partial charge in [0.15, 0.2) is 11.5 Å². The van der Waals surface area contributed by atoms with Gasteiger partial charge < -0.3 is 24.2 Å². The molecule has 2 aliphatic heterocycles. The van der Waals surface area contributed by atoms with Crippen LogP contribution in [0.4, 0.5) is 0 Å².